The molecule has 2 aromatic carbocycles. The Morgan fingerprint density at radius 2 is 1.74 bits per heavy atom. The quantitative estimate of drug-likeness (QED) is 0.409. The molecule has 1 heterocycles. The number of nitrogens with one attached hydrogen (secondary N) is 1. The molecule has 3 amide bonds. The van der Waals surface area contributed by atoms with Gasteiger partial charge >= 0.3 is 5.97 Å². The molecule has 1 aliphatic heterocycles. The zero-order chi connectivity index (χ0) is 25.5. The summed E-state index contributed by atoms with van der Waals surface area (Å²) in [5.41, 5.74) is 3.17. The smallest absolute Gasteiger partial charge is 0.343 e. The third-order valence-electron chi connectivity index (χ3n) is 4.82. The molecule has 0 bridgehead atoms. The van der Waals surface area contributed by atoms with Crippen molar-refractivity contribution >= 4 is 46.5 Å². The minimum atomic E-state index is -0.556. The lowest BCUT2D eigenvalue weighted by Crippen LogP contribution is -2.36. The first kappa shape index (κ1) is 25.8. The first-order chi connectivity index (χ1) is 16.7. The average Bonchev–Trinajstić information content (AvgIpc) is 3.05. The summed E-state index contributed by atoms with van der Waals surface area (Å²) >= 11 is 0.756. The number of benzene rings is 2. The van der Waals surface area contributed by atoms with Crippen LogP contribution in [0.15, 0.2) is 41.3 Å². The van der Waals surface area contributed by atoms with Crippen LogP contribution in [-0.4, -0.2) is 54.8 Å². The van der Waals surface area contributed by atoms with Crippen LogP contribution < -0.4 is 14.8 Å². The van der Waals surface area contributed by atoms with E-state index in [9.17, 15) is 19.2 Å². The maximum Gasteiger partial charge on any atom is 0.343 e. The Balaban J connectivity index is 1.72. The summed E-state index contributed by atoms with van der Waals surface area (Å²) in [7, 11) is 1.26. The van der Waals surface area contributed by atoms with E-state index in [4.69, 9.17) is 9.47 Å². The minimum Gasteiger partial charge on any atom is -0.490 e. The van der Waals surface area contributed by atoms with E-state index < -0.39 is 23.0 Å². The van der Waals surface area contributed by atoms with Gasteiger partial charge in [-0.05, 0) is 79.6 Å². The Labute approximate surface area is 207 Å². The maximum absolute atomic E-state index is 12.8. The van der Waals surface area contributed by atoms with E-state index in [1.165, 1.54) is 7.11 Å². The molecule has 0 unspecified atom stereocenters. The van der Waals surface area contributed by atoms with Gasteiger partial charge in [-0.3, -0.25) is 19.3 Å². The van der Waals surface area contributed by atoms with Gasteiger partial charge in [0, 0.05) is 5.69 Å². The molecule has 1 saturated heterocycles. The van der Waals surface area contributed by atoms with Gasteiger partial charge in [0.1, 0.15) is 6.54 Å². The van der Waals surface area contributed by atoms with Crippen molar-refractivity contribution in [1.29, 1.82) is 0 Å². The van der Waals surface area contributed by atoms with Gasteiger partial charge in [0.05, 0.1) is 18.6 Å². The molecule has 0 aromatic heterocycles. The van der Waals surface area contributed by atoms with Gasteiger partial charge in [0.15, 0.2) is 18.1 Å². The Morgan fingerprint density at radius 1 is 1.03 bits per heavy atom. The van der Waals surface area contributed by atoms with Crippen LogP contribution in [0, 0.1) is 13.8 Å². The fraction of sp³-hybridized carbons (Fsp3) is 0.280. The van der Waals surface area contributed by atoms with Gasteiger partial charge in [0.2, 0.25) is 5.91 Å². The van der Waals surface area contributed by atoms with E-state index in [-0.39, 0.29) is 18.1 Å². The van der Waals surface area contributed by atoms with Crippen LogP contribution in [0.2, 0.25) is 0 Å². The summed E-state index contributed by atoms with van der Waals surface area (Å²) in [6, 6.07) is 10.5. The summed E-state index contributed by atoms with van der Waals surface area (Å²) in [6.07, 6.45) is 1.54. The molecule has 0 spiro atoms. The van der Waals surface area contributed by atoms with Crippen molar-refractivity contribution in [1.82, 2.24) is 4.90 Å². The zero-order valence-corrected chi connectivity index (χ0v) is 20.7. The second-order valence-electron chi connectivity index (χ2n) is 7.70. The van der Waals surface area contributed by atoms with Crippen LogP contribution >= 0.6 is 11.8 Å². The van der Waals surface area contributed by atoms with E-state index in [0.29, 0.717) is 29.4 Å². The lowest BCUT2D eigenvalue weighted by Gasteiger charge is -2.13. The molecule has 0 aliphatic carbocycles. The highest BCUT2D eigenvalue weighted by molar-refractivity contribution is 8.18. The Morgan fingerprint density at radius 3 is 2.40 bits per heavy atom. The number of thioether (sulfide) groups is 1. The molecule has 9 nitrogen and oxygen atoms in total. The highest BCUT2D eigenvalue weighted by Crippen LogP contribution is 2.34. The number of nitrogens with zero attached hydrogens (tertiary/aromatic N) is 1. The van der Waals surface area contributed by atoms with Gasteiger partial charge in [-0.15, -0.1) is 0 Å². The molecule has 2 aromatic rings. The van der Waals surface area contributed by atoms with Crippen LogP contribution in [0.4, 0.5) is 10.5 Å². The van der Waals surface area contributed by atoms with E-state index >= 15 is 0 Å². The number of amides is 3. The standard InChI is InChI=1S/C25H26N2O7S/c1-5-33-20-11-17(6-7-19(20)34-14-23(29)32-4)12-21-24(30)27(25(31)35-21)13-22(28)26-18-9-15(2)8-16(3)10-18/h6-12H,5,13-14H2,1-4H3,(H,26,28)/b21-12+. The number of methoxy groups -OCH3 is 1. The van der Waals surface area contributed by atoms with Crippen molar-refractivity contribution in [2.75, 3.05) is 32.2 Å². The van der Waals surface area contributed by atoms with E-state index in [2.05, 4.69) is 10.1 Å². The Bertz CT molecular complexity index is 1170. The van der Waals surface area contributed by atoms with E-state index in [0.717, 1.165) is 27.8 Å². The number of carbonyl (C=O) groups excluding carboxylic acids is 4. The summed E-state index contributed by atoms with van der Waals surface area (Å²) in [5, 5.41) is 2.20. The second-order valence-corrected chi connectivity index (χ2v) is 8.69. The van der Waals surface area contributed by atoms with E-state index in [1.54, 1.807) is 31.2 Å². The molecular formula is C25H26N2O7S. The lowest BCUT2D eigenvalue weighted by atomic mass is 10.1. The van der Waals surface area contributed by atoms with Crippen molar-refractivity contribution in [3.63, 3.8) is 0 Å². The number of hydrogen-bond donors (Lipinski definition) is 1. The summed E-state index contributed by atoms with van der Waals surface area (Å²) in [5.74, 6) is -0.849. The van der Waals surface area contributed by atoms with Crippen LogP contribution in [-0.2, 0) is 19.1 Å². The van der Waals surface area contributed by atoms with Gasteiger partial charge < -0.3 is 19.5 Å². The van der Waals surface area contributed by atoms with Crippen molar-refractivity contribution in [2.24, 2.45) is 0 Å². The number of esters is 1. The minimum absolute atomic E-state index is 0.180. The molecule has 1 aliphatic rings. The number of ether oxygens (including phenoxy) is 3. The summed E-state index contributed by atoms with van der Waals surface area (Å²) in [6.45, 7) is 5.31. The molecule has 0 atom stereocenters. The topological polar surface area (TPSA) is 111 Å². The van der Waals surface area contributed by atoms with Crippen LogP contribution in [0.25, 0.3) is 6.08 Å². The van der Waals surface area contributed by atoms with Gasteiger partial charge in [-0.25, -0.2) is 4.79 Å². The first-order valence-electron chi connectivity index (χ1n) is 10.8. The third-order valence-corrected chi connectivity index (χ3v) is 5.73. The monoisotopic (exact) mass is 498 g/mol. The SMILES string of the molecule is CCOc1cc(/C=C2/SC(=O)N(CC(=O)Nc3cc(C)cc(C)c3)C2=O)ccc1OCC(=O)OC. The van der Waals surface area contributed by atoms with Crippen molar-refractivity contribution in [3.8, 4) is 11.5 Å². The Kier molecular flexibility index (Phi) is 8.53. The lowest BCUT2D eigenvalue weighted by molar-refractivity contribution is -0.143. The van der Waals surface area contributed by atoms with Gasteiger partial charge in [-0.1, -0.05) is 12.1 Å². The predicted octanol–water partition coefficient (Wildman–Crippen LogP) is 3.93. The molecular weight excluding hydrogens is 472 g/mol. The molecule has 35 heavy (non-hydrogen) atoms. The second kappa shape index (κ2) is 11.6. The Hall–Kier alpha value is -3.79. The molecule has 0 saturated carbocycles. The molecule has 1 N–H and O–H groups in total. The van der Waals surface area contributed by atoms with Crippen molar-refractivity contribution < 1.29 is 33.4 Å². The first-order valence-corrected chi connectivity index (χ1v) is 11.6. The average molecular weight is 499 g/mol. The molecule has 1 fully saturated rings. The number of aryl methyl sites for hydroxylation is 2. The maximum atomic E-state index is 12.8. The number of anilines is 1. The fourth-order valence-corrected chi connectivity index (χ4v) is 4.21. The van der Waals surface area contributed by atoms with Gasteiger partial charge in [-0.2, -0.15) is 0 Å². The number of rotatable bonds is 9. The molecule has 10 heteroatoms. The van der Waals surface area contributed by atoms with Crippen LogP contribution in [0.3, 0.4) is 0 Å². The summed E-state index contributed by atoms with van der Waals surface area (Å²) < 4.78 is 15.6. The highest BCUT2D eigenvalue weighted by Gasteiger charge is 2.36. The number of imide groups is 1. The largest absolute Gasteiger partial charge is 0.490 e. The van der Waals surface area contributed by atoms with Crippen molar-refractivity contribution in [3.05, 3.63) is 58.0 Å². The number of hydrogen-bond acceptors (Lipinski definition) is 8. The van der Waals surface area contributed by atoms with E-state index in [1.807, 2.05) is 32.0 Å². The normalized spacial score (nSPS) is 14.3. The molecule has 3 rings (SSSR count). The van der Waals surface area contributed by atoms with Crippen LogP contribution in [0.1, 0.15) is 23.6 Å². The van der Waals surface area contributed by atoms with Crippen LogP contribution in [0.5, 0.6) is 11.5 Å². The molecule has 184 valence electrons. The highest BCUT2D eigenvalue weighted by atomic mass is 32.2. The number of carbonyl (C=O) groups is 4. The third kappa shape index (κ3) is 6.86. The molecule has 0 radical (unpaired) electrons. The fourth-order valence-electron chi connectivity index (χ4n) is 3.38. The zero-order valence-electron chi connectivity index (χ0n) is 19.9. The van der Waals surface area contributed by atoms with Gasteiger partial charge in [0.25, 0.3) is 11.1 Å². The summed E-state index contributed by atoms with van der Waals surface area (Å²) in [4.78, 5) is 50.2. The predicted molar refractivity (Wildman–Crippen MR) is 132 cm³/mol. The van der Waals surface area contributed by atoms with Crippen molar-refractivity contribution in [2.45, 2.75) is 20.8 Å².